The zero-order valence-electron chi connectivity index (χ0n) is 18.1. The molecule has 8 heteroatoms. The van der Waals surface area contributed by atoms with E-state index in [1.807, 2.05) is 6.07 Å². The minimum Gasteiger partial charge on any atom is -0.507 e. The number of aliphatic hydroxyl groups is 1. The first kappa shape index (κ1) is 23.1. The summed E-state index contributed by atoms with van der Waals surface area (Å²) in [5.41, 5.74) is 1.61. The number of carbonyl (C=O) groups is 3. The lowest BCUT2D eigenvalue weighted by atomic mass is 9.95. The number of carboxylic acid groups (broad SMARTS) is 1. The molecule has 0 bridgehead atoms. The Morgan fingerprint density at radius 3 is 2.21 bits per heavy atom. The molecule has 1 aliphatic rings. The quantitative estimate of drug-likeness (QED) is 0.304. The average Bonchev–Trinajstić information content (AvgIpc) is 3.09. The minimum absolute atomic E-state index is 0.0458. The van der Waals surface area contributed by atoms with Crippen molar-refractivity contribution in [3.63, 3.8) is 0 Å². The van der Waals surface area contributed by atoms with Crippen LogP contribution in [0.1, 0.15) is 33.1 Å². The number of nitrogens with zero attached hydrogens (tertiary/aromatic N) is 1. The van der Waals surface area contributed by atoms with Gasteiger partial charge in [-0.1, -0.05) is 54.1 Å². The first-order chi connectivity index (χ1) is 16.3. The molecule has 1 heterocycles. The first-order valence-electron chi connectivity index (χ1n) is 10.3. The van der Waals surface area contributed by atoms with Crippen molar-refractivity contribution in [2.75, 3.05) is 7.11 Å². The van der Waals surface area contributed by atoms with E-state index in [2.05, 4.69) is 0 Å². The SMILES string of the molecule is COc1ccc(/C(O)=C2/C(=O)C(=O)N(Cc3ccc(C(=O)O)cc3)C2c2ccccc2)cc1Cl. The van der Waals surface area contributed by atoms with Gasteiger partial charge < -0.3 is 19.8 Å². The highest BCUT2D eigenvalue weighted by Crippen LogP contribution is 2.41. The fourth-order valence-corrected chi connectivity index (χ4v) is 4.20. The van der Waals surface area contributed by atoms with Crippen molar-refractivity contribution < 1.29 is 29.3 Å². The van der Waals surface area contributed by atoms with E-state index in [0.29, 0.717) is 16.9 Å². The number of carboxylic acids is 1. The predicted octanol–water partition coefficient (Wildman–Crippen LogP) is 4.67. The van der Waals surface area contributed by atoms with Crippen LogP contribution in [-0.4, -0.2) is 39.9 Å². The molecule has 1 atom stereocenters. The van der Waals surface area contributed by atoms with Crippen LogP contribution in [-0.2, 0) is 16.1 Å². The standard InChI is InChI=1S/C26H20ClNO6/c1-34-20-12-11-18(13-19(20)27)23(29)21-22(16-5-3-2-4-6-16)28(25(31)24(21)30)14-15-7-9-17(10-8-15)26(32)33/h2-13,22,29H,14H2,1H3,(H,32,33)/b23-21-. The normalized spacial score (nSPS) is 17.1. The van der Waals surface area contributed by atoms with Crippen molar-refractivity contribution in [1.29, 1.82) is 0 Å². The summed E-state index contributed by atoms with van der Waals surface area (Å²) in [4.78, 5) is 38.7. The first-order valence-corrected chi connectivity index (χ1v) is 10.7. The molecule has 1 aliphatic heterocycles. The number of ketones is 1. The van der Waals surface area contributed by atoms with Crippen LogP contribution in [0.2, 0.25) is 5.02 Å². The van der Waals surface area contributed by atoms with Crippen LogP contribution in [0.3, 0.4) is 0 Å². The number of amides is 1. The molecule has 1 saturated heterocycles. The van der Waals surface area contributed by atoms with Gasteiger partial charge in [0, 0.05) is 12.1 Å². The number of hydrogen-bond acceptors (Lipinski definition) is 5. The molecule has 1 fully saturated rings. The molecule has 4 rings (SSSR count). The number of aliphatic hydroxyl groups excluding tert-OH is 1. The summed E-state index contributed by atoms with van der Waals surface area (Å²) in [6.07, 6.45) is 0. The Hall–Kier alpha value is -4.10. The van der Waals surface area contributed by atoms with E-state index in [1.165, 1.54) is 30.2 Å². The molecule has 3 aromatic carbocycles. The molecule has 0 radical (unpaired) electrons. The largest absolute Gasteiger partial charge is 0.507 e. The maximum atomic E-state index is 13.1. The lowest BCUT2D eigenvalue weighted by Gasteiger charge is -2.25. The van der Waals surface area contributed by atoms with Crippen LogP contribution in [0.15, 0.2) is 78.4 Å². The van der Waals surface area contributed by atoms with Crippen molar-refractivity contribution in [3.8, 4) is 5.75 Å². The monoisotopic (exact) mass is 477 g/mol. The van der Waals surface area contributed by atoms with Gasteiger partial charge in [-0.2, -0.15) is 0 Å². The van der Waals surface area contributed by atoms with Gasteiger partial charge in [0.15, 0.2) is 0 Å². The molecule has 7 nitrogen and oxygen atoms in total. The number of rotatable bonds is 6. The maximum absolute atomic E-state index is 13.1. The number of likely N-dealkylation sites (tertiary alicyclic amines) is 1. The van der Waals surface area contributed by atoms with Crippen molar-refractivity contribution in [1.82, 2.24) is 4.90 Å². The zero-order valence-corrected chi connectivity index (χ0v) is 18.8. The highest BCUT2D eigenvalue weighted by Gasteiger charge is 2.46. The Labute approximate surface area is 200 Å². The van der Waals surface area contributed by atoms with E-state index in [0.717, 1.165) is 0 Å². The lowest BCUT2D eigenvalue weighted by molar-refractivity contribution is -0.140. The summed E-state index contributed by atoms with van der Waals surface area (Å²) >= 11 is 6.21. The number of carbonyl (C=O) groups excluding carboxylic acids is 2. The summed E-state index contributed by atoms with van der Waals surface area (Å²) in [6.45, 7) is 0.0458. The van der Waals surface area contributed by atoms with Crippen molar-refractivity contribution >= 4 is 35.0 Å². The predicted molar refractivity (Wildman–Crippen MR) is 126 cm³/mol. The van der Waals surface area contributed by atoms with E-state index in [-0.39, 0.29) is 34.0 Å². The third-order valence-electron chi connectivity index (χ3n) is 5.63. The fraction of sp³-hybridized carbons (Fsp3) is 0.115. The molecule has 0 aromatic heterocycles. The lowest BCUT2D eigenvalue weighted by Crippen LogP contribution is -2.29. The number of methoxy groups -OCH3 is 1. The summed E-state index contributed by atoms with van der Waals surface area (Å²) in [6, 6.07) is 18.7. The van der Waals surface area contributed by atoms with E-state index < -0.39 is 23.7 Å². The molecular formula is C26H20ClNO6. The van der Waals surface area contributed by atoms with Crippen molar-refractivity contribution in [2.24, 2.45) is 0 Å². The number of ether oxygens (including phenoxy) is 1. The van der Waals surface area contributed by atoms with Crippen LogP contribution < -0.4 is 4.74 Å². The van der Waals surface area contributed by atoms with E-state index in [1.54, 1.807) is 48.5 Å². The summed E-state index contributed by atoms with van der Waals surface area (Å²) in [5.74, 6) is -2.59. The molecule has 1 amide bonds. The third-order valence-corrected chi connectivity index (χ3v) is 5.93. The van der Waals surface area contributed by atoms with Crippen LogP contribution in [0, 0.1) is 0 Å². The number of benzene rings is 3. The van der Waals surface area contributed by atoms with Gasteiger partial charge in [0.1, 0.15) is 11.5 Å². The van der Waals surface area contributed by atoms with Gasteiger partial charge >= 0.3 is 5.97 Å². The zero-order chi connectivity index (χ0) is 24.4. The van der Waals surface area contributed by atoms with Crippen molar-refractivity contribution in [3.05, 3.63) is 106 Å². The molecular weight excluding hydrogens is 458 g/mol. The molecule has 34 heavy (non-hydrogen) atoms. The van der Waals surface area contributed by atoms with Gasteiger partial charge in [0.05, 0.1) is 29.3 Å². The van der Waals surface area contributed by atoms with Crippen LogP contribution in [0.25, 0.3) is 5.76 Å². The molecule has 1 unspecified atom stereocenters. The van der Waals surface area contributed by atoms with Gasteiger partial charge in [-0.25, -0.2) is 4.79 Å². The molecule has 0 saturated carbocycles. The number of Topliss-reactive ketones (excluding diaryl/α,β-unsaturated/α-hetero) is 1. The second kappa shape index (κ2) is 9.41. The van der Waals surface area contributed by atoms with Gasteiger partial charge in [-0.15, -0.1) is 0 Å². The van der Waals surface area contributed by atoms with E-state index in [9.17, 15) is 19.5 Å². The third kappa shape index (κ3) is 4.25. The molecule has 2 N–H and O–H groups in total. The molecule has 0 spiro atoms. The average molecular weight is 478 g/mol. The summed E-state index contributed by atoms with van der Waals surface area (Å²) in [7, 11) is 1.46. The summed E-state index contributed by atoms with van der Waals surface area (Å²) < 4.78 is 5.14. The van der Waals surface area contributed by atoms with Gasteiger partial charge in [-0.05, 0) is 41.5 Å². The Bertz CT molecular complexity index is 1300. The Balaban J connectivity index is 1.81. The Morgan fingerprint density at radius 1 is 0.971 bits per heavy atom. The number of hydrogen-bond donors (Lipinski definition) is 2. The molecule has 0 aliphatic carbocycles. The highest BCUT2D eigenvalue weighted by molar-refractivity contribution is 6.46. The van der Waals surface area contributed by atoms with Crippen molar-refractivity contribution in [2.45, 2.75) is 12.6 Å². The maximum Gasteiger partial charge on any atom is 0.335 e. The topological polar surface area (TPSA) is 104 Å². The van der Waals surface area contributed by atoms with Crippen LogP contribution in [0.4, 0.5) is 0 Å². The molecule has 3 aromatic rings. The highest BCUT2D eigenvalue weighted by atomic mass is 35.5. The second-order valence-electron chi connectivity index (χ2n) is 7.69. The number of halogens is 1. The Kier molecular flexibility index (Phi) is 6.38. The Morgan fingerprint density at radius 2 is 1.62 bits per heavy atom. The van der Waals surface area contributed by atoms with Crippen LogP contribution >= 0.6 is 11.6 Å². The smallest absolute Gasteiger partial charge is 0.335 e. The summed E-state index contributed by atoms with van der Waals surface area (Å²) in [5, 5.41) is 20.5. The second-order valence-corrected chi connectivity index (χ2v) is 8.10. The van der Waals surface area contributed by atoms with E-state index in [4.69, 9.17) is 21.4 Å². The minimum atomic E-state index is -1.06. The van der Waals surface area contributed by atoms with Gasteiger partial charge in [-0.3, -0.25) is 9.59 Å². The fourth-order valence-electron chi connectivity index (χ4n) is 3.94. The van der Waals surface area contributed by atoms with Gasteiger partial charge in [0.2, 0.25) is 0 Å². The molecule has 172 valence electrons. The van der Waals surface area contributed by atoms with Crippen LogP contribution in [0.5, 0.6) is 5.75 Å². The van der Waals surface area contributed by atoms with E-state index >= 15 is 0 Å². The number of aromatic carboxylic acids is 1. The van der Waals surface area contributed by atoms with Gasteiger partial charge in [0.25, 0.3) is 11.7 Å².